The lowest BCUT2D eigenvalue weighted by atomic mass is 10.6. The lowest BCUT2D eigenvalue weighted by Gasteiger charge is -2.49. The Balaban J connectivity index is 5.74. The van der Waals surface area contributed by atoms with Crippen LogP contribution in [0.2, 0.25) is 36.3 Å². The maximum absolute atomic E-state index is 4.14. The van der Waals surface area contributed by atoms with Gasteiger partial charge in [0.05, 0.1) is 15.2 Å². The van der Waals surface area contributed by atoms with Crippen molar-refractivity contribution in [2.75, 3.05) is 0 Å². The third-order valence-corrected chi connectivity index (χ3v) is 26.3. The highest BCUT2D eigenvalue weighted by molar-refractivity contribution is 7.42. The first-order chi connectivity index (χ1) is 9.61. The summed E-state index contributed by atoms with van der Waals surface area (Å²) < 4.78 is 0. The van der Waals surface area contributed by atoms with Gasteiger partial charge >= 0.3 is 0 Å². The Morgan fingerprint density at radius 3 is 1.00 bits per heavy atom. The first kappa shape index (κ1) is 19.9. The summed E-state index contributed by atoms with van der Waals surface area (Å²) in [5, 5.41) is 0. The predicted molar refractivity (Wildman–Crippen MR) is 102 cm³/mol. The third kappa shape index (κ3) is 4.73. The second-order valence-electron chi connectivity index (χ2n) is 6.55. The van der Waals surface area contributed by atoms with Gasteiger partial charge in [-0.25, -0.2) is 0 Å². The minimum Gasteiger partial charge on any atom is -0.103 e. The zero-order valence-electron chi connectivity index (χ0n) is 14.6. The molecule has 0 N–H and O–H groups in total. The van der Waals surface area contributed by atoms with Crippen molar-refractivity contribution < 1.29 is 0 Å². The summed E-state index contributed by atoms with van der Waals surface area (Å²) in [6.45, 7) is 17.8. The van der Waals surface area contributed by atoms with E-state index in [4.69, 9.17) is 0 Å². The van der Waals surface area contributed by atoms with Crippen molar-refractivity contribution in [2.24, 2.45) is 0 Å². The molecule has 118 valence electrons. The molecule has 2 heteroatoms. The van der Waals surface area contributed by atoms with E-state index < -0.39 is 15.2 Å². The molecule has 20 heavy (non-hydrogen) atoms. The second kappa shape index (κ2) is 10.6. The van der Waals surface area contributed by atoms with E-state index in [2.05, 4.69) is 53.0 Å². The van der Waals surface area contributed by atoms with Gasteiger partial charge in [0, 0.05) is 0 Å². The van der Waals surface area contributed by atoms with Crippen LogP contribution in [0.25, 0.3) is 0 Å². The van der Waals surface area contributed by atoms with Gasteiger partial charge in [0.1, 0.15) is 0 Å². The van der Waals surface area contributed by atoms with Gasteiger partial charge in [-0.2, -0.15) is 0 Å². The third-order valence-electron chi connectivity index (χ3n) is 5.11. The molecule has 0 aromatic heterocycles. The molecule has 0 fully saturated rings. The van der Waals surface area contributed by atoms with Crippen molar-refractivity contribution in [1.29, 1.82) is 0 Å². The van der Waals surface area contributed by atoms with Gasteiger partial charge in [0.15, 0.2) is 0 Å². The summed E-state index contributed by atoms with van der Waals surface area (Å²) >= 11 is 0. The molecule has 0 saturated heterocycles. The van der Waals surface area contributed by atoms with Crippen LogP contribution in [0.1, 0.15) is 53.4 Å². The van der Waals surface area contributed by atoms with E-state index in [9.17, 15) is 0 Å². The first-order valence-electron chi connectivity index (χ1n) is 8.83. The lowest BCUT2D eigenvalue weighted by Crippen LogP contribution is -2.62. The van der Waals surface area contributed by atoms with Gasteiger partial charge in [-0.1, -0.05) is 89.7 Å². The van der Waals surface area contributed by atoms with Gasteiger partial charge < -0.3 is 0 Å². The fourth-order valence-electron chi connectivity index (χ4n) is 4.62. The monoisotopic (exact) mass is 310 g/mol. The minimum absolute atomic E-state index is 1.19. The highest BCUT2D eigenvalue weighted by Gasteiger charge is 2.50. The lowest BCUT2D eigenvalue weighted by molar-refractivity contribution is 0.946. The summed E-state index contributed by atoms with van der Waals surface area (Å²) in [5.74, 6) is 0. The summed E-state index contributed by atoms with van der Waals surface area (Å²) in [7, 11) is -2.38. The van der Waals surface area contributed by atoms with E-state index in [1.54, 1.807) is 0 Å². The van der Waals surface area contributed by atoms with E-state index in [0.29, 0.717) is 0 Å². The molecule has 0 bridgehead atoms. The molecule has 0 aliphatic carbocycles. The average molecular weight is 311 g/mol. The van der Waals surface area contributed by atoms with Crippen LogP contribution in [0.15, 0.2) is 25.3 Å². The highest BCUT2D eigenvalue weighted by atomic mass is 29.3. The standard InChI is InChI=1S/C18H38Si2/c1-7-13-19(14-8-2,15-9-3)20(16-10-4,17-11-5)18-12-6/h7,10H,1,4,8-9,11-18H2,2-3,5-6H3. The second-order valence-corrected chi connectivity index (χ2v) is 20.8. The molecule has 0 aromatic carbocycles. The van der Waals surface area contributed by atoms with E-state index in [-0.39, 0.29) is 0 Å². The van der Waals surface area contributed by atoms with Gasteiger partial charge in [0.2, 0.25) is 0 Å². The summed E-state index contributed by atoms with van der Waals surface area (Å²) in [4.78, 5) is 0. The van der Waals surface area contributed by atoms with Crippen LogP contribution in [0.3, 0.4) is 0 Å². The smallest absolute Gasteiger partial charge is 0.0518 e. The van der Waals surface area contributed by atoms with Crippen molar-refractivity contribution in [3.8, 4) is 0 Å². The molecule has 0 aliphatic heterocycles. The number of allylic oxidation sites excluding steroid dienone is 2. The van der Waals surface area contributed by atoms with Crippen molar-refractivity contribution in [2.45, 2.75) is 89.6 Å². The maximum atomic E-state index is 4.14. The highest BCUT2D eigenvalue weighted by Crippen LogP contribution is 2.42. The molecule has 0 saturated carbocycles. The van der Waals surface area contributed by atoms with Crippen molar-refractivity contribution in [1.82, 2.24) is 0 Å². The molecule has 0 atom stereocenters. The molecule has 0 aromatic rings. The van der Waals surface area contributed by atoms with Crippen molar-refractivity contribution >= 4 is 15.2 Å². The first-order valence-corrected chi connectivity index (χ1v) is 15.1. The van der Waals surface area contributed by atoms with E-state index >= 15 is 0 Å². The van der Waals surface area contributed by atoms with Gasteiger partial charge in [-0.15, -0.1) is 13.2 Å². The Hall–Kier alpha value is -0.0862. The van der Waals surface area contributed by atoms with Crippen LogP contribution in [0, 0.1) is 0 Å². The summed E-state index contributed by atoms with van der Waals surface area (Å²) in [6, 6.07) is 8.88. The quantitative estimate of drug-likeness (QED) is 0.254. The molecule has 0 unspecified atom stereocenters. The van der Waals surface area contributed by atoms with Crippen LogP contribution in [-0.4, -0.2) is 15.2 Å². The van der Waals surface area contributed by atoms with Crippen molar-refractivity contribution in [3.63, 3.8) is 0 Å². The Morgan fingerprint density at radius 2 is 0.850 bits per heavy atom. The molecule has 0 radical (unpaired) electrons. The molecular weight excluding hydrogens is 272 g/mol. The molecule has 0 spiro atoms. The zero-order chi connectivity index (χ0) is 15.5. The largest absolute Gasteiger partial charge is 0.103 e. The number of rotatable bonds is 13. The Kier molecular flexibility index (Phi) is 10.6. The molecule has 0 heterocycles. The van der Waals surface area contributed by atoms with Gasteiger partial charge in [0.25, 0.3) is 0 Å². The van der Waals surface area contributed by atoms with Crippen LogP contribution in [0.4, 0.5) is 0 Å². The summed E-state index contributed by atoms with van der Waals surface area (Å²) in [6.07, 6.45) is 10.0. The number of hydrogen-bond acceptors (Lipinski definition) is 0. The van der Waals surface area contributed by atoms with Crippen LogP contribution in [-0.2, 0) is 0 Å². The molecule has 0 nitrogen and oxygen atoms in total. The zero-order valence-corrected chi connectivity index (χ0v) is 16.6. The minimum atomic E-state index is -1.19. The topological polar surface area (TPSA) is 0 Å². The Bertz CT molecular complexity index is 231. The molecule has 0 rings (SSSR count). The SMILES string of the molecule is C=CC[Si](CCC)(CCC)[Si](CC=C)(CCC)CCC. The summed E-state index contributed by atoms with van der Waals surface area (Å²) in [5.41, 5.74) is 0. The Morgan fingerprint density at radius 1 is 0.600 bits per heavy atom. The van der Waals surface area contributed by atoms with E-state index in [0.717, 1.165) is 0 Å². The van der Waals surface area contributed by atoms with Crippen LogP contribution in [0.5, 0.6) is 0 Å². The molecule has 0 aliphatic rings. The average Bonchev–Trinajstić information content (AvgIpc) is 2.40. The normalized spacial score (nSPS) is 12.4. The van der Waals surface area contributed by atoms with Gasteiger partial charge in [-0.3, -0.25) is 0 Å². The van der Waals surface area contributed by atoms with Crippen LogP contribution < -0.4 is 0 Å². The van der Waals surface area contributed by atoms with Crippen molar-refractivity contribution in [3.05, 3.63) is 25.3 Å². The molecular formula is C18H38Si2. The van der Waals surface area contributed by atoms with E-state index in [1.807, 2.05) is 0 Å². The maximum Gasteiger partial charge on any atom is 0.0518 e. The van der Waals surface area contributed by atoms with E-state index in [1.165, 1.54) is 61.9 Å². The van der Waals surface area contributed by atoms with Crippen LogP contribution >= 0.6 is 0 Å². The Labute approximate surface area is 130 Å². The fraction of sp³-hybridized carbons (Fsp3) is 0.778. The fourth-order valence-corrected chi connectivity index (χ4v) is 26.7. The van der Waals surface area contributed by atoms with Gasteiger partial charge in [-0.05, 0) is 12.1 Å². The molecule has 0 amide bonds. The predicted octanol–water partition coefficient (Wildman–Crippen LogP) is 6.97. The number of hydrogen-bond donors (Lipinski definition) is 0.